The molecular weight excluding hydrogens is 306 g/mol. The Bertz CT molecular complexity index is 343. The molecule has 1 saturated heterocycles. The van der Waals surface area contributed by atoms with Gasteiger partial charge in [0.05, 0.1) is 13.2 Å². The van der Waals surface area contributed by atoms with Gasteiger partial charge in [0.25, 0.3) is 0 Å². The highest BCUT2D eigenvalue weighted by molar-refractivity contribution is 5.79. The molecule has 1 aliphatic rings. The highest BCUT2D eigenvalue weighted by Gasteiger charge is 2.32. The van der Waals surface area contributed by atoms with Crippen molar-refractivity contribution in [2.24, 2.45) is 5.92 Å². The molecule has 0 aromatic carbocycles. The minimum Gasteiger partial charge on any atom is -0.462 e. The maximum absolute atomic E-state index is 12.4. The van der Waals surface area contributed by atoms with Gasteiger partial charge in [0, 0.05) is 5.92 Å². The lowest BCUT2D eigenvalue weighted by atomic mass is 9.93. The van der Waals surface area contributed by atoms with Crippen LogP contribution >= 0.6 is 0 Å². The Morgan fingerprint density at radius 2 is 1.62 bits per heavy atom. The van der Waals surface area contributed by atoms with Crippen LogP contribution < -0.4 is 5.32 Å². The Morgan fingerprint density at radius 1 is 1.04 bits per heavy atom. The van der Waals surface area contributed by atoms with Crippen molar-refractivity contribution in [3.05, 3.63) is 0 Å². The zero-order valence-electron chi connectivity index (χ0n) is 15.5. The molecule has 1 heterocycles. The third kappa shape index (κ3) is 9.91. The van der Waals surface area contributed by atoms with Crippen LogP contribution in [-0.2, 0) is 19.1 Å². The molecule has 1 N–H and O–H groups in total. The number of amides is 1. The summed E-state index contributed by atoms with van der Waals surface area (Å²) < 4.78 is 9.90. The van der Waals surface area contributed by atoms with Crippen LogP contribution in [0.15, 0.2) is 0 Å². The smallest absolute Gasteiger partial charge is 0.337 e. The molecule has 0 radical (unpaired) electrons. The van der Waals surface area contributed by atoms with Crippen LogP contribution in [0.4, 0.5) is 0 Å². The second kappa shape index (κ2) is 13.2. The van der Waals surface area contributed by atoms with Crippen LogP contribution in [0.3, 0.4) is 0 Å². The maximum atomic E-state index is 12.4. The normalized spacial score (nSPS) is 16.2. The third-order valence-corrected chi connectivity index (χ3v) is 4.42. The van der Waals surface area contributed by atoms with Gasteiger partial charge in [0.15, 0.2) is 6.10 Å². The summed E-state index contributed by atoms with van der Waals surface area (Å²) in [6.45, 7) is 5.47. The quantitative estimate of drug-likeness (QED) is 0.281. The first kappa shape index (κ1) is 20.9. The predicted molar refractivity (Wildman–Crippen MR) is 94.7 cm³/mol. The van der Waals surface area contributed by atoms with Gasteiger partial charge in [-0.25, -0.2) is 4.79 Å². The molecule has 0 bridgehead atoms. The number of hydrogen-bond donors (Lipinski definition) is 1. The summed E-state index contributed by atoms with van der Waals surface area (Å²) in [5.41, 5.74) is 0. The molecule has 1 amide bonds. The Labute approximate surface area is 146 Å². The molecule has 0 spiro atoms. The number of hydrogen-bond acceptors (Lipinski definition) is 4. The van der Waals surface area contributed by atoms with Crippen molar-refractivity contribution in [3.63, 3.8) is 0 Å². The predicted octanol–water partition coefficient (Wildman–Crippen LogP) is 3.60. The van der Waals surface area contributed by atoms with E-state index in [9.17, 15) is 9.59 Å². The molecule has 5 heteroatoms. The number of ether oxygens (including phenoxy) is 2. The van der Waals surface area contributed by atoms with Crippen LogP contribution in [0.25, 0.3) is 0 Å². The number of nitrogens with one attached hydrogen (secondary N) is 1. The number of esters is 1. The van der Waals surface area contributed by atoms with Gasteiger partial charge in [-0.05, 0) is 12.8 Å². The van der Waals surface area contributed by atoms with Crippen LogP contribution in [0.1, 0.15) is 78.1 Å². The van der Waals surface area contributed by atoms with Crippen molar-refractivity contribution in [1.82, 2.24) is 5.32 Å². The van der Waals surface area contributed by atoms with Gasteiger partial charge in [-0.15, -0.1) is 0 Å². The zero-order chi connectivity index (χ0) is 17.6. The molecule has 24 heavy (non-hydrogen) atoms. The van der Waals surface area contributed by atoms with Crippen molar-refractivity contribution in [2.45, 2.75) is 84.2 Å². The second-order valence-electron chi connectivity index (χ2n) is 6.68. The van der Waals surface area contributed by atoms with E-state index in [0.29, 0.717) is 13.2 Å². The summed E-state index contributed by atoms with van der Waals surface area (Å²) in [6, 6.07) is 0. The maximum Gasteiger partial charge on any atom is 0.337 e. The van der Waals surface area contributed by atoms with E-state index < -0.39 is 0 Å². The number of carbonyl (C=O) groups is 2. The molecule has 0 aromatic rings. The first-order chi connectivity index (χ1) is 11.7. The van der Waals surface area contributed by atoms with Crippen molar-refractivity contribution < 1.29 is 19.1 Å². The van der Waals surface area contributed by atoms with Crippen LogP contribution in [0.5, 0.6) is 0 Å². The SMILES string of the molecule is CCCCCCC(CCCCCC)C(=O)NCCOC(=O)C1CO1. The number of unbranched alkanes of at least 4 members (excludes halogenated alkanes) is 6. The first-order valence-electron chi connectivity index (χ1n) is 9.75. The van der Waals surface area contributed by atoms with Crippen LogP contribution in [0, 0.1) is 5.92 Å². The minimum absolute atomic E-state index is 0.0983. The molecule has 1 aliphatic heterocycles. The lowest BCUT2D eigenvalue weighted by Gasteiger charge is -2.17. The summed E-state index contributed by atoms with van der Waals surface area (Å²) in [4.78, 5) is 23.7. The van der Waals surface area contributed by atoms with Crippen molar-refractivity contribution >= 4 is 11.9 Å². The lowest BCUT2D eigenvalue weighted by Crippen LogP contribution is -2.34. The summed E-state index contributed by atoms with van der Waals surface area (Å²) in [5.74, 6) is -0.108. The highest BCUT2D eigenvalue weighted by atomic mass is 16.6. The Hall–Kier alpha value is -1.10. The highest BCUT2D eigenvalue weighted by Crippen LogP contribution is 2.18. The average Bonchev–Trinajstić information content (AvgIpc) is 3.42. The van der Waals surface area contributed by atoms with E-state index in [4.69, 9.17) is 9.47 Å². The molecule has 5 nitrogen and oxygen atoms in total. The summed E-state index contributed by atoms with van der Waals surface area (Å²) >= 11 is 0. The fraction of sp³-hybridized carbons (Fsp3) is 0.895. The topological polar surface area (TPSA) is 67.9 Å². The molecule has 1 atom stereocenters. The van der Waals surface area contributed by atoms with Gasteiger partial charge in [-0.1, -0.05) is 65.2 Å². The van der Waals surface area contributed by atoms with Crippen molar-refractivity contribution in [3.8, 4) is 0 Å². The van der Waals surface area contributed by atoms with Gasteiger partial charge in [-0.2, -0.15) is 0 Å². The first-order valence-corrected chi connectivity index (χ1v) is 9.75. The standard InChI is InChI=1S/C19H35NO4/c1-3-5-7-9-11-16(12-10-8-6-4-2)18(21)20-13-14-23-19(22)17-15-24-17/h16-17H,3-15H2,1-2H3,(H,20,21). The van der Waals surface area contributed by atoms with E-state index in [1.54, 1.807) is 0 Å². The van der Waals surface area contributed by atoms with Crippen molar-refractivity contribution in [1.29, 1.82) is 0 Å². The largest absolute Gasteiger partial charge is 0.462 e. The minimum atomic E-state index is -0.370. The average molecular weight is 341 g/mol. The van der Waals surface area contributed by atoms with E-state index in [1.165, 1.54) is 38.5 Å². The van der Waals surface area contributed by atoms with Gasteiger partial charge in [-0.3, -0.25) is 4.79 Å². The fourth-order valence-electron chi connectivity index (χ4n) is 2.79. The number of carbonyl (C=O) groups excluding carboxylic acids is 2. The summed E-state index contributed by atoms with van der Waals surface area (Å²) in [5, 5.41) is 2.92. The van der Waals surface area contributed by atoms with Gasteiger partial charge < -0.3 is 14.8 Å². The van der Waals surface area contributed by atoms with E-state index >= 15 is 0 Å². The van der Waals surface area contributed by atoms with Crippen LogP contribution in [0.2, 0.25) is 0 Å². The van der Waals surface area contributed by atoms with E-state index in [-0.39, 0.29) is 30.5 Å². The lowest BCUT2D eigenvalue weighted by molar-refractivity contribution is -0.145. The third-order valence-electron chi connectivity index (χ3n) is 4.42. The molecule has 0 saturated carbocycles. The van der Waals surface area contributed by atoms with Crippen LogP contribution in [-0.4, -0.2) is 37.7 Å². The summed E-state index contributed by atoms with van der Waals surface area (Å²) in [6.07, 6.45) is 11.1. The van der Waals surface area contributed by atoms with Gasteiger partial charge in [0.1, 0.15) is 6.61 Å². The summed E-state index contributed by atoms with van der Waals surface area (Å²) in [7, 11) is 0. The zero-order valence-corrected chi connectivity index (χ0v) is 15.5. The molecule has 1 fully saturated rings. The monoisotopic (exact) mass is 341 g/mol. The van der Waals surface area contributed by atoms with E-state index in [0.717, 1.165) is 25.7 Å². The Kier molecular flexibility index (Phi) is 11.5. The molecule has 0 aromatic heterocycles. The number of rotatable bonds is 15. The number of epoxide rings is 1. The molecule has 140 valence electrons. The molecule has 1 rings (SSSR count). The fourth-order valence-corrected chi connectivity index (χ4v) is 2.79. The van der Waals surface area contributed by atoms with Gasteiger partial charge >= 0.3 is 5.97 Å². The molecule has 0 aliphatic carbocycles. The van der Waals surface area contributed by atoms with E-state index in [1.807, 2.05) is 0 Å². The van der Waals surface area contributed by atoms with Gasteiger partial charge in [0.2, 0.25) is 5.91 Å². The van der Waals surface area contributed by atoms with Crippen molar-refractivity contribution in [2.75, 3.05) is 19.8 Å². The Balaban J connectivity index is 2.21. The molecular formula is C19H35NO4. The molecule has 1 unspecified atom stereocenters. The second-order valence-corrected chi connectivity index (χ2v) is 6.68. The van der Waals surface area contributed by atoms with E-state index in [2.05, 4.69) is 19.2 Å². The Morgan fingerprint density at radius 3 is 2.12 bits per heavy atom.